The van der Waals surface area contributed by atoms with Crippen LogP contribution in [0.15, 0.2) is 17.5 Å². The number of thiophene rings is 1. The van der Waals surface area contributed by atoms with Crippen LogP contribution in [0.3, 0.4) is 0 Å². The number of nitrogen functional groups attached to an aromatic ring is 1. The molecule has 18 heavy (non-hydrogen) atoms. The SMILES string of the molecule is CCCn1nc(C)c(N)c1NC(C)c1cccs1. The third-order valence-corrected chi connectivity index (χ3v) is 3.99. The maximum atomic E-state index is 6.09. The van der Waals surface area contributed by atoms with Crippen LogP contribution in [0.2, 0.25) is 0 Å². The number of nitrogens with zero attached hydrogens (tertiary/aromatic N) is 2. The molecule has 0 saturated carbocycles. The van der Waals surface area contributed by atoms with Crippen molar-refractivity contribution in [2.24, 2.45) is 0 Å². The highest BCUT2D eigenvalue weighted by Gasteiger charge is 2.15. The van der Waals surface area contributed by atoms with E-state index in [-0.39, 0.29) is 6.04 Å². The summed E-state index contributed by atoms with van der Waals surface area (Å²) in [5.74, 6) is 0.940. The Hall–Kier alpha value is -1.49. The van der Waals surface area contributed by atoms with Gasteiger partial charge in [-0.3, -0.25) is 0 Å². The lowest BCUT2D eigenvalue weighted by atomic mass is 10.2. The van der Waals surface area contributed by atoms with Crippen molar-refractivity contribution in [3.8, 4) is 0 Å². The van der Waals surface area contributed by atoms with Gasteiger partial charge >= 0.3 is 0 Å². The molecule has 0 aliphatic rings. The van der Waals surface area contributed by atoms with Crippen molar-refractivity contribution in [1.29, 1.82) is 0 Å². The molecule has 1 atom stereocenters. The molecule has 0 aliphatic carbocycles. The summed E-state index contributed by atoms with van der Waals surface area (Å²) in [6.07, 6.45) is 1.04. The van der Waals surface area contributed by atoms with E-state index in [0.717, 1.165) is 30.2 Å². The first-order valence-corrected chi connectivity index (χ1v) is 7.14. The highest BCUT2D eigenvalue weighted by molar-refractivity contribution is 7.10. The van der Waals surface area contributed by atoms with Crippen LogP contribution in [0.25, 0.3) is 0 Å². The van der Waals surface area contributed by atoms with E-state index in [9.17, 15) is 0 Å². The summed E-state index contributed by atoms with van der Waals surface area (Å²) in [4.78, 5) is 1.30. The molecule has 0 amide bonds. The standard InChI is InChI=1S/C13H20N4S/c1-4-7-17-13(12(14)10(3)16-17)15-9(2)11-6-5-8-18-11/h5-6,8-9,15H,4,7,14H2,1-3H3. The smallest absolute Gasteiger partial charge is 0.148 e. The average Bonchev–Trinajstić information content (AvgIpc) is 2.94. The third-order valence-electron chi connectivity index (χ3n) is 2.93. The van der Waals surface area contributed by atoms with Gasteiger partial charge in [-0.05, 0) is 31.7 Å². The number of hydrogen-bond donors (Lipinski definition) is 2. The zero-order valence-corrected chi connectivity index (χ0v) is 11.9. The fourth-order valence-corrected chi connectivity index (χ4v) is 2.67. The highest BCUT2D eigenvalue weighted by atomic mass is 32.1. The summed E-state index contributed by atoms with van der Waals surface area (Å²) in [7, 11) is 0. The van der Waals surface area contributed by atoms with Crippen molar-refractivity contribution in [2.75, 3.05) is 11.1 Å². The third kappa shape index (κ3) is 2.51. The Kier molecular flexibility index (Phi) is 3.91. The number of anilines is 2. The van der Waals surface area contributed by atoms with Gasteiger partial charge in [-0.25, -0.2) is 4.68 Å². The van der Waals surface area contributed by atoms with Crippen molar-refractivity contribution >= 4 is 22.8 Å². The van der Waals surface area contributed by atoms with Crippen LogP contribution in [0.4, 0.5) is 11.5 Å². The fraction of sp³-hybridized carbons (Fsp3) is 0.462. The van der Waals surface area contributed by atoms with Gasteiger partial charge in [0.2, 0.25) is 0 Å². The van der Waals surface area contributed by atoms with Crippen LogP contribution in [0, 0.1) is 6.92 Å². The van der Waals surface area contributed by atoms with Crippen molar-refractivity contribution < 1.29 is 0 Å². The van der Waals surface area contributed by atoms with Gasteiger partial charge < -0.3 is 11.1 Å². The molecular formula is C13H20N4S. The number of aryl methyl sites for hydroxylation is 2. The summed E-state index contributed by atoms with van der Waals surface area (Å²) in [5.41, 5.74) is 7.74. The Balaban J connectivity index is 2.22. The first-order chi connectivity index (χ1) is 8.63. The molecule has 5 heteroatoms. The Morgan fingerprint density at radius 1 is 1.56 bits per heavy atom. The van der Waals surface area contributed by atoms with E-state index in [1.807, 2.05) is 11.6 Å². The van der Waals surface area contributed by atoms with Crippen LogP contribution in [-0.2, 0) is 6.54 Å². The van der Waals surface area contributed by atoms with Crippen LogP contribution in [0.5, 0.6) is 0 Å². The number of aromatic nitrogens is 2. The van der Waals surface area contributed by atoms with Gasteiger partial charge in [-0.15, -0.1) is 11.3 Å². The molecule has 2 aromatic heterocycles. The normalized spacial score (nSPS) is 12.6. The van der Waals surface area contributed by atoms with Crippen molar-refractivity contribution in [3.63, 3.8) is 0 Å². The van der Waals surface area contributed by atoms with Crippen molar-refractivity contribution in [2.45, 2.75) is 39.8 Å². The molecule has 0 aliphatic heterocycles. The number of nitrogens with two attached hydrogens (primary N) is 1. The van der Waals surface area contributed by atoms with E-state index in [0.29, 0.717) is 0 Å². The molecule has 0 fully saturated rings. The topological polar surface area (TPSA) is 55.9 Å². The van der Waals surface area contributed by atoms with Gasteiger partial charge in [0, 0.05) is 11.4 Å². The van der Waals surface area contributed by atoms with E-state index in [1.54, 1.807) is 11.3 Å². The Labute approximate surface area is 112 Å². The van der Waals surface area contributed by atoms with Gasteiger partial charge in [0.15, 0.2) is 0 Å². The molecule has 0 spiro atoms. The molecule has 1 unspecified atom stereocenters. The summed E-state index contributed by atoms with van der Waals surface area (Å²) in [6, 6.07) is 4.45. The van der Waals surface area contributed by atoms with Crippen LogP contribution in [-0.4, -0.2) is 9.78 Å². The van der Waals surface area contributed by atoms with Gasteiger partial charge in [-0.1, -0.05) is 13.0 Å². The second-order valence-corrected chi connectivity index (χ2v) is 5.43. The first kappa shape index (κ1) is 13.0. The molecule has 0 radical (unpaired) electrons. The number of rotatable bonds is 5. The van der Waals surface area contributed by atoms with E-state index < -0.39 is 0 Å². The maximum Gasteiger partial charge on any atom is 0.148 e. The molecule has 0 bridgehead atoms. The molecule has 3 N–H and O–H groups in total. The minimum atomic E-state index is 0.249. The van der Waals surface area contributed by atoms with Crippen molar-refractivity contribution in [1.82, 2.24) is 9.78 Å². The maximum absolute atomic E-state index is 6.09. The quantitative estimate of drug-likeness (QED) is 0.870. The molecular weight excluding hydrogens is 244 g/mol. The molecule has 98 valence electrons. The lowest BCUT2D eigenvalue weighted by Gasteiger charge is -2.15. The predicted octanol–water partition coefficient (Wildman–Crippen LogP) is 3.42. The largest absolute Gasteiger partial charge is 0.394 e. The van der Waals surface area contributed by atoms with Crippen LogP contribution < -0.4 is 11.1 Å². The first-order valence-electron chi connectivity index (χ1n) is 6.26. The number of nitrogens with one attached hydrogen (secondary N) is 1. The second kappa shape index (κ2) is 5.44. The van der Waals surface area contributed by atoms with Crippen molar-refractivity contribution in [3.05, 3.63) is 28.1 Å². The lowest BCUT2D eigenvalue weighted by Crippen LogP contribution is -2.12. The Bertz CT molecular complexity index is 501. The van der Waals surface area contributed by atoms with Gasteiger partial charge in [-0.2, -0.15) is 5.10 Å². The predicted molar refractivity (Wildman–Crippen MR) is 78.0 cm³/mol. The van der Waals surface area contributed by atoms with E-state index in [1.165, 1.54) is 4.88 Å². The second-order valence-electron chi connectivity index (χ2n) is 4.45. The molecule has 0 saturated heterocycles. The zero-order valence-electron chi connectivity index (χ0n) is 11.1. The van der Waals surface area contributed by atoms with Crippen LogP contribution in [0.1, 0.15) is 36.9 Å². The molecule has 2 rings (SSSR count). The zero-order chi connectivity index (χ0) is 13.1. The molecule has 2 aromatic rings. The molecule has 4 nitrogen and oxygen atoms in total. The fourth-order valence-electron chi connectivity index (χ4n) is 1.94. The monoisotopic (exact) mass is 264 g/mol. The average molecular weight is 264 g/mol. The minimum absolute atomic E-state index is 0.249. The summed E-state index contributed by atoms with van der Waals surface area (Å²) < 4.78 is 1.97. The lowest BCUT2D eigenvalue weighted by molar-refractivity contribution is 0.599. The summed E-state index contributed by atoms with van der Waals surface area (Å²) in [5, 5.41) is 10.0. The number of hydrogen-bond acceptors (Lipinski definition) is 4. The molecule has 2 heterocycles. The van der Waals surface area contributed by atoms with Gasteiger partial charge in [0.1, 0.15) is 5.82 Å². The summed E-state index contributed by atoms with van der Waals surface area (Å²) in [6.45, 7) is 7.11. The summed E-state index contributed by atoms with van der Waals surface area (Å²) >= 11 is 1.75. The van der Waals surface area contributed by atoms with Gasteiger partial charge in [0.25, 0.3) is 0 Å². The molecule has 0 aromatic carbocycles. The van der Waals surface area contributed by atoms with Gasteiger partial charge in [0.05, 0.1) is 17.4 Å². The minimum Gasteiger partial charge on any atom is -0.394 e. The Morgan fingerprint density at radius 2 is 2.33 bits per heavy atom. The van der Waals surface area contributed by atoms with E-state index in [4.69, 9.17) is 5.73 Å². The highest BCUT2D eigenvalue weighted by Crippen LogP contribution is 2.28. The van der Waals surface area contributed by atoms with E-state index >= 15 is 0 Å². The Morgan fingerprint density at radius 3 is 2.94 bits per heavy atom. The van der Waals surface area contributed by atoms with E-state index in [2.05, 4.69) is 41.8 Å². The van der Waals surface area contributed by atoms with Crippen LogP contribution >= 0.6 is 11.3 Å².